The van der Waals surface area contributed by atoms with Gasteiger partial charge in [0.05, 0.1) is 25.3 Å². The standard InChI is InChI=1S/C14H25N3O3/c1-3-13(18)8-11-7-12(16-14(19)20-4-2)10-17(9-11)6-5-15/h11-13,18H,3-4,6-10H2,1-2H3,(H,16,19). The van der Waals surface area contributed by atoms with Gasteiger partial charge in [-0.1, -0.05) is 6.92 Å². The minimum atomic E-state index is -0.411. The molecule has 1 aliphatic rings. The largest absolute Gasteiger partial charge is 0.450 e. The van der Waals surface area contributed by atoms with Crippen molar-refractivity contribution in [2.45, 2.75) is 45.3 Å². The van der Waals surface area contributed by atoms with Crippen LogP contribution in [0.15, 0.2) is 0 Å². The van der Waals surface area contributed by atoms with Crippen LogP contribution in [0.3, 0.4) is 0 Å². The average Bonchev–Trinajstić information content (AvgIpc) is 2.38. The lowest BCUT2D eigenvalue weighted by molar-refractivity contribution is 0.0854. The average molecular weight is 283 g/mol. The van der Waals surface area contributed by atoms with E-state index < -0.39 is 6.09 Å². The predicted molar refractivity (Wildman–Crippen MR) is 75.0 cm³/mol. The number of aliphatic hydroxyl groups is 1. The molecule has 3 unspecified atom stereocenters. The molecule has 0 aromatic carbocycles. The van der Waals surface area contributed by atoms with Crippen molar-refractivity contribution < 1.29 is 14.6 Å². The number of carbonyl (C=O) groups is 1. The number of nitrogens with zero attached hydrogens (tertiary/aromatic N) is 2. The van der Waals surface area contributed by atoms with Crippen molar-refractivity contribution in [2.75, 3.05) is 26.2 Å². The predicted octanol–water partition coefficient (Wildman–Crippen LogP) is 1.11. The van der Waals surface area contributed by atoms with Gasteiger partial charge < -0.3 is 15.2 Å². The topological polar surface area (TPSA) is 85.6 Å². The highest BCUT2D eigenvalue weighted by atomic mass is 16.5. The molecule has 1 saturated heterocycles. The summed E-state index contributed by atoms with van der Waals surface area (Å²) in [7, 11) is 0. The van der Waals surface area contributed by atoms with Gasteiger partial charge in [0.15, 0.2) is 0 Å². The summed E-state index contributed by atoms with van der Waals surface area (Å²) in [5, 5.41) is 21.5. The number of hydrogen-bond donors (Lipinski definition) is 2. The molecule has 6 heteroatoms. The fourth-order valence-electron chi connectivity index (χ4n) is 2.70. The summed E-state index contributed by atoms with van der Waals surface area (Å²) in [5.74, 6) is 0.291. The molecule has 1 rings (SSSR count). The number of ether oxygens (including phenoxy) is 1. The highest BCUT2D eigenvalue weighted by molar-refractivity contribution is 5.67. The molecule has 1 aliphatic heterocycles. The number of nitriles is 1. The van der Waals surface area contributed by atoms with Crippen LogP contribution in [0.25, 0.3) is 0 Å². The van der Waals surface area contributed by atoms with E-state index in [9.17, 15) is 9.90 Å². The Kier molecular flexibility index (Phi) is 7.34. The van der Waals surface area contributed by atoms with Crippen molar-refractivity contribution in [3.63, 3.8) is 0 Å². The third kappa shape index (κ3) is 5.76. The number of aliphatic hydroxyl groups excluding tert-OH is 1. The van der Waals surface area contributed by atoms with Crippen molar-refractivity contribution in [3.05, 3.63) is 0 Å². The molecule has 1 amide bonds. The van der Waals surface area contributed by atoms with E-state index in [4.69, 9.17) is 10.00 Å². The molecule has 1 heterocycles. The van der Waals surface area contributed by atoms with Gasteiger partial charge in [0, 0.05) is 19.1 Å². The molecule has 0 aromatic heterocycles. The van der Waals surface area contributed by atoms with Crippen molar-refractivity contribution in [1.29, 1.82) is 5.26 Å². The minimum Gasteiger partial charge on any atom is -0.450 e. The molecule has 0 aromatic rings. The van der Waals surface area contributed by atoms with Crippen LogP contribution in [0.5, 0.6) is 0 Å². The van der Waals surface area contributed by atoms with Crippen LogP contribution in [0.2, 0.25) is 0 Å². The first-order valence-corrected chi connectivity index (χ1v) is 7.29. The summed E-state index contributed by atoms with van der Waals surface area (Å²) in [5.41, 5.74) is 0. The molecular weight excluding hydrogens is 258 g/mol. The van der Waals surface area contributed by atoms with Gasteiger partial charge in [0.1, 0.15) is 0 Å². The number of hydrogen-bond acceptors (Lipinski definition) is 5. The lowest BCUT2D eigenvalue weighted by atomic mass is 9.89. The Bertz CT molecular complexity index is 343. The molecule has 0 spiro atoms. The molecule has 3 atom stereocenters. The summed E-state index contributed by atoms with van der Waals surface area (Å²) in [4.78, 5) is 13.5. The lowest BCUT2D eigenvalue weighted by Crippen LogP contribution is -2.51. The zero-order valence-electron chi connectivity index (χ0n) is 12.3. The van der Waals surface area contributed by atoms with Gasteiger partial charge in [0.25, 0.3) is 0 Å². The highest BCUT2D eigenvalue weighted by Crippen LogP contribution is 2.22. The summed E-state index contributed by atoms with van der Waals surface area (Å²) < 4.78 is 4.89. The van der Waals surface area contributed by atoms with E-state index >= 15 is 0 Å². The Morgan fingerprint density at radius 2 is 2.30 bits per heavy atom. The van der Waals surface area contributed by atoms with Crippen molar-refractivity contribution in [3.8, 4) is 6.07 Å². The fraction of sp³-hybridized carbons (Fsp3) is 0.857. The third-order valence-corrected chi connectivity index (χ3v) is 3.58. The number of nitrogens with one attached hydrogen (secondary N) is 1. The second-order valence-electron chi connectivity index (χ2n) is 5.31. The van der Waals surface area contributed by atoms with Crippen LogP contribution in [0.4, 0.5) is 4.79 Å². The third-order valence-electron chi connectivity index (χ3n) is 3.58. The van der Waals surface area contributed by atoms with Gasteiger partial charge in [-0.3, -0.25) is 4.90 Å². The number of piperidine rings is 1. The molecule has 0 radical (unpaired) electrons. The summed E-state index contributed by atoms with van der Waals surface area (Å²) in [6.45, 7) is 5.87. The first-order chi connectivity index (χ1) is 9.58. The van der Waals surface area contributed by atoms with E-state index in [-0.39, 0.29) is 12.1 Å². The molecule has 0 saturated carbocycles. The Morgan fingerprint density at radius 1 is 1.55 bits per heavy atom. The molecule has 2 N–H and O–H groups in total. The molecular formula is C14H25N3O3. The van der Waals surface area contributed by atoms with Crippen LogP contribution in [0.1, 0.15) is 33.1 Å². The molecule has 20 heavy (non-hydrogen) atoms. The Balaban J connectivity index is 2.56. The zero-order valence-corrected chi connectivity index (χ0v) is 12.3. The van der Waals surface area contributed by atoms with Gasteiger partial charge >= 0.3 is 6.09 Å². The van der Waals surface area contributed by atoms with Gasteiger partial charge in [-0.25, -0.2) is 4.79 Å². The summed E-state index contributed by atoms with van der Waals surface area (Å²) >= 11 is 0. The Morgan fingerprint density at radius 3 is 2.90 bits per heavy atom. The second kappa shape index (κ2) is 8.77. The molecule has 114 valence electrons. The van der Waals surface area contributed by atoms with Crippen molar-refractivity contribution in [2.24, 2.45) is 5.92 Å². The van der Waals surface area contributed by atoms with E-state index in [1.165, 1.54) is 0 Å². The smallest absolute Gasteiger partial charge is 0.407 e. The van der Waals surface area contributed by atoms with Crippen LogP contribution in [-0.2, 0) is 4.74 Å². The highest BCUT2D eigenvalue weighted by Gasteiger charge is 2.29. The van der Waals surface area contributed by atoms with Crippen LogP contribution >= 0.6 is 0 Å². The second-order valence-corrected chi connectivity index (χ2v) is 5.31. The van der Waals surface area contributed by atoms with Gasteiger partial charge in [-0.2, -0.15) is 5.26 Å². The zero-order chi connectivity index (χ0) is 15.0. The number of likely N-dealkylation sites (tertiary alicyclic amines) is 1. The fourth-order valence-corrected chi connectivity index (χ4v) is 2.70. The van der Waals surface area contributed by atoms with E-state index in [0.29, 0.717) is 32.0 Å². The number of rotatable bonds is 6. The van der Waals surface area contributed by atoms with E-state index in [0.717, 1.165) is 19.4 Å². The maximum Gasteiger partial charge on any atom is 0.407 e. The maximum absolute atomic E-state index is 11.5. The molecule has 0 bridgehead atoms. The molecule has 1 fully saturated rings. The first-order valence-electron chi connectivity index (χ1n) is 7.29. The summed E-state index contributed by atoms with van der Waals surface area (Å²) in [6, 6.07) is 2.12. The van der Waals surface area contributed by atoms with Crippen LogP contribution in [0, 0.1) is 17.2 Å². The van der Waals surface area contributed by atoms with Gasteiger partial charge in [-0.05, 0) is 32.1 Å². The number of alkyl carbamates (subject to hydrolysis) is 1. The first kappa shape index (κ1) is 16.7. The van der Waals surface area contributed by atoms with E-state index in [1.807, 2.05) is 11.8 Å². The number of carbonyl (C=O) groups excluding carboxylic acids is 1. The Hall–Kier alpha value is -1.32. The van der Waals surface area contributed by atoms with Crippen LogP contribution in [-0.4, -0.2) is 54.5 Å². The summed E-state index contributed by atoms with van der Waals surface area (Å²) in [6.07, 6.45) is 1.53. The normalized spacial score (nSPS) is 24.7. The molecule has 0 aliphatic carbocycles. The number of amides is 1. The minimum absolute atomic E-state index is 0.0230. The Labute approximate surface area is 120 Å². The maximum atomic E-state index is 11.5. The SMILES string of the molecule is CCOC(=O)NC1CC(CC(O)CC)CN(CC#N)C1. The van der Waals surface area contributed by atoms with E-state index in [1.54, 1.807) is 6.92 Å². The van der Waals surface area contributed by atoms with Gasteiger partial charge in [0.2, 0.25) is 0 Å². The van der Waals surface area contributed by atoms with Crippen molar-refractivity contribution in [1.82, 2.24) is 10.2 Å². The van der Waals surface area contributed by atoms with Crippen molar-refractivity contribution >= 4 is 6.09 Å². The van der Waals surface area contributed by atoms with Gasteiger partial charge in [-0.15, -0.1) is 0 Å². The monoisotopic (exact) mass is 283 g/mol. The lowest BCUT2D eigenvalue weighted by Gasteiger charge is -2.37. The van der Waals surface area contributed by atoms with Crippen LogP contribution < -0.4 is 5.32 Å². The molecule has 6 nitrogen and oxygen atoms in total. The quantitative estimate of drug-likeness (QED) is 0.713. The van der Waals surface area contributed by atoms with E-state index in [2.05, 4.69) is 11.4 Å².